The third kappa shape index (κ3) is 8.71. The number of hydrogen-bond donors (Lipinski definition) is 7. The van der Waals surface area contributed by atoms with E-state index in [2.05, 4.69) is 20.9 Å². The van der Waals surface area contributed by atoms with Gasteiger partial charge in [-0.3, -0.25) is 9.59 Å². The summed E-state index contributed by atoms with van der Waals surface area (Å²) in [6.07, 6.45) is -3.29. The molecule has 2 aliphatic rings. The van der Waals surface area contributed by atoms with Gasteiger partial charge in [-0.25, -0.2) is 9.79 Å². The normalized spacial score (nSPS) is 26.7. The molecule has 2 heterocycles. The molecule has 2 rings (SSSR count). The Kier molecular flexibility index (Phi) is 10.6. The monoisotopic (exact) mass is 515 g/mol. The lowest BCUT2D eigenvalue weighted by Gasteiger charge is -2.33. The fraction of sp³-hybridized carbons (Fsp3) is 0.727. The lowest BCUT2D eigenvalue weighted by Crippen LogP contribution is -2.51. The number of carbonyl (C=O) groups is 3. The highest BCUT2D eigenvalue weighted by atomic mass is 16.6. The predicted molar refractivity (Wildman–Crippen MR) is 126 cm³/mol. The molecule has 6 unspecified atom stereocenters. The number of nitrogens with one attached hydrogen (secondary N) is 3. The van der Waals surface area contributed by atoms with Crippen LogP contribution in [0, 0.1) is 0 Å². The number of aliphatic imine (C=N–C) groups is 1. The lowest BCUT2D eigenvalue weighted by molar-refractivity contribution is -0.130. The number of amidine groups is 1. The Labute approximate surface area is 209 Å². The Morgan fingerprint density at radius 1 is 1.19 bits per heavy atom. The number of aliphatic hydroxyl groups is 4. The molecule has 1 saturated heterocycles. The maximum absolute atomic E-state index is 12.9. The van der Waals surface area contributed by atoms with Gasteiger partial charge in [0.25, 0.3) is 0 Å². The van der Waals surface area contributed by atoms with E-state index in [0.717, 1.165) is 4.90 Å². The molecule has 204 valence electrons. The number of aliphatic hydroxyl groups excluding tert-OH is 4. The first-order valence-corrected chi connectivity index (χ1v) is 11.7. The van der Waals surface area contributed by atoms with E-state index in [1.54, 1.807) is 20.8 Å². The molecule has 1 fully saturated rings. The summed E-state index contributed by atoms with van der Waals surface area (Å²) < 4.78 is 10.6. The third-order valence-corrected chi connectivity index (χ3v) is 5.29. The van der Waals surface area contributed by atoms with Crippen LogP contribution in [0.5, 0.6) is 0 Å². The second-order valence-corrected chi connectivity index (χ2v) is 9.52. The van der Waals surface area contributed by atoms with E-state index in [4.69, 9.17) is 9.47 Å². The van der Waals surface area contributed by atoms with Gasteiger partial charge in [0.15, 0.2) is 6.23 Å². The minimum atomic E-state index is -1.57. The molecule has 0 aliphatic carbocycles. The van der Waals surface area contributed by atoms with Gasteiger partial charge in [0, 0.05) is 19.7 Å². The molecule has 0 aromatic carbocycles. The highest BCUT2D eigenvalue weighted by molar-refractivity contribution is 6.06. The predicted octanol–water partition coefficient (Wildman–Crippen LogP) is -1.75. The van der Waals surface area contributed by atoms with Crippen molar-refractivity contribution in [1.82, 2.24) is 20.9 Å². The van der Waals surface area contributed by atoms with Crippen molar-refractivity contribution in [3.63, 3.8) is 0 Å². The van der Waals surface area contributed by atoms with Crippen LogP contribution in [0.3, 0.4) is 0 Å². The summed E-state index contributed by atoms with van der Waals surface area (Å²) in [6.45, 7) is 6.38. The molecule has 0 aromatic heterocycles. The van der Waals surface area contributed by atoms with Gasteiger partial charge < -0.3 is 50.8 Å². The van der Waals surface area contributed by atoms with Crippen molar-refractivity contribution in [1.29, 1.82) is 0 Å². The molecule has 14 heteroatoms. The van der Waals surface area contributed by atoms with Crippen LogP contribution in [-0.2, 0) is 19.1 Å². The average molecular weight is 516 g/mol. The van der Waals surface area contributed by atoms with E-state index < -0.39 is 61.1 Å². The number of ether oxygens (including phenoxy) is 2. The van der Waals surface area contributed by atoms with Crippen LogP contribution in [0.1, 0.15) is 47.0 Å². The maximum Gasteiger partial charge on any atom is 0.408 e. The minimum absolute atomic E-state index is 0.00951. The summed E-state index contributed by atoms with van der Waals surface area (Å²) in [7, 11) is 0. The van der Waals surface area contributed by atoms with Crippen LogP contribution in [0.4, 0.5) is 4.79 Å². The standard InChI is InChI=1S/C22H37N5O9/c1-12(29)23-9-6-5-7-13(24-21(34)36-22(2,3)4)18(32)25-15-8-10-27(20(33)26-15)19-17(31)16(30)14(11-28)35-19/h8,10,13-14,16-17,19-20,28,30-31,33H,5-7,9,11H2,1-4H3,(H,23,29)(H,24,34)(H,25,26,32). The molecule has 3 amide bonds. The van der Waals surface area contributed by atoms with Gasteiger partial charge >= 0.3 is 6.09 Å². The van der Waals surface area contributed by atoms with Crippen molar-refractivity contribution in [2.45, 2.75) is 89.5 Å². The number of nitrogens with zero attached hydrogens (tertiary/aromatic N) is 2. The van der Waals surface area contributed by atoms with Crippen molar-refractivity contribution in [2.24, 2.45) is 4.99 Å². The van der Waals surface area contributed by atoms with Crippen LogP contribution in [0.15, 0.2) is 17.3 Å². The highest BCUT2D eigenvalue weighted by Crippen LogP contribution is 2.26. The molecule has 0 radical (unpaired) electrons. The van der Waals surface area contributed by atoms with E-state index in [9.17, 15) is 34.8 Å². The van der Waals surface area contributed by atoms with Gasteiger partial charge in [-0.2, -0.15) is 0 Å². The Morgan fingerprint density at radius 3 is 2.44 bits per heavy atom. The lowest BCUT2D eigenvalue weighted by atomic mass is 10.1. The molecular formula is C22H37N5O9. The van der Waals surface area contributed by atoms with Crippen LogP contribution in [-0.4, -0.2) is 105 Å². The largest absolute Gasteiger partial charge is 0.444 e. The maximum atomic E-state index is 12.9. The van der Waals surface area contributed by atoms with Crippen molar-refractivity contribution in [3.05, 3.63) is 12.3 Å². The van der Waals surface area contributed by atoms with Crippen LogP contribution in [0.2, 0.25) is 0 Å². The summed E-state index contributed by atoms with van der Waals surface area (Å²) in [6, 6.07) is -0.983. The van der Waals surface area contributed by atoms with Crippen molar-refractivity contribution < 1.29 is 44.3 Å². The third-order valence-electron chi connectivity index (χ3n) is 5.29. The minimum Gasteiger partial charge on any atom is -0.444 e. The van der Waals surface area contributed by atoms with Gasteiger partial charge in [0.1, 0.15) is 35.8 Å². The summed E-state index contributed by atoms with van der Waals surface area (Å²) in [5.74, 6) is -0.773. The average Bonchev–Trinajstić information content (AvgIpc) is 3.05. The van der Waals surface area contributed by atoms with Gasteiger partial charge in [-0.05, 0) is 46.1 Å². The van der Waals surface area contributed by atoms with E-state index in [-0.39, 0.29) is 18.2 Å². The first-order chi connectivity index (χ1) is 16.8. The Bertz CT molecular complexity index is 844. The number of amides is 3. The Morgan fingerprint density at radius 2 is 1.89 bits per heavy atom. The smallest absolute Gasteiger partial charge is 0.408 e. The fourth-order valence-electron chi connectivity index (χ4n) is 3.55. The number of carbonyl (C=O) groups excluding carboxylic acids is 3. The molecule has 2 aliphatic heterocycles. The zero-order chi connectivity index (χ0) is 27.0. The second kappa shape index (κ2) is 13.0. The number of rotatable bonds is 9. The molecule has 0 aromatic rings. The van der Waals surface area contributed by atoms with Gasteiger partial charge in [0.2, 0.25) is 18.2 Å². The second-order valence-electron chi connectivity index (χ2n) is 9.52. The number of hydrogen-bond acceptors (Lipinski definition) is 11. The molecule has 0 bridgehead atoms. The Balaban J connectivity index is 2.00. The van der Waals surface area contributed by atoms with E-state index in [1.165, 1.54) is 19.2 Å². The van der Waals surface area contributed by atoms with Gasteiger partial charge in [-0.15, -0.1) is 0 Å². The molecule has 0 spiro atoms. The van der Waals surface area contributed by atoms with Crippen LogP contribution < -0.4 is 16.0 Å². The summed E-state index contributed by atoms with van der Waals surface area (Å²) in [4.78, 5) is 41.3. The van der Waals surface area contributed by atoms with Crippen molar-refractivity contribution >= 4 is 23.7 Å². The first kappa shape index (κ1) is 29.5. The van der Waals surface area contributed by atoms with Gasteiger partial charge in [0.05, 0.1) is 6.61 Å². The number of alkyl carbamates (subject to hydrolysis) is 1. The van der Waals surface area contributed by atoms with Crippen LogP contribution >= 0.6 is 0 Å². The Hall–Kier alpha value is -2.78. The topological polar surface area (TPSA) is 202 Å². The van der Waals surface area contributed by atoms with E-state index in [0.29, 0.717) is 19.4 Å². The molecule has 0 saturated carbocycles. The molecule has 6 atom stereocenters. The highest BCUT2D eigenvalue weighted by Gasteiger charge is 2.46. The first-order valence-electron chi connectivity index (χ1n) is 11.7. The quantitative estimate of drug-likeness (QED) is 0.173. The van der Waals surface area contributed by atoms with Crippen LogP contribution in [0.25, 0.3) is 0 Å². The molecule has 14 nitrogen and oxygen atoms in total. The summed E-state index contributed by atoms with van der Waals surface area (Å²) >= 11 is 0. The van der Waals surface area contributed by atoms with Crippen molar-refractivity contribution in [3.8, 4) is 0 Å². The fourth-order valence-corrected chi connectivity index (χ4v) is 3.55. The van der Waals surface area contributed by atoms with Crippen molar-refractivity contribution in [2.75, 3.05) is 13.2 Å². The SMILES string of the molecule is CC(=O)NCCCCC(NC(=O)OC(C)(C)C)C(=O)NC1=NC(O)N(C2OC(CO)C(O)C2O)C=C1. The molecule has 36 heavy (non-hydrogen) atoms. The summed E-state index contributed by atoms with van der Waals surface area (Å²) in [5, 5.41) is 47.5. The molecular weight excluding hydrogens is 478 g/mol. The van der Waals surface area contributed by atoms with E-state index in [1.807, 2.05) is 0 Å². The zero-order valence-corrected chi connectivity index (χ0v) is 20.9. The molecule has 7 N–H and O–H groups in total. The summed E-state index contributed by atoms with van der Waals surface area (Å²) in [5.41, 5.74) is -0.768. The zero-order valence-electron chi connectivity index (χ0n) is 20.9. The van der Waals surface area contributed by atoms with E-state index >= 15 is 0 Å². The van der Waals surface area contributed by atoms with Gasteiger partial charge in [-0.1, -0.05) is 0 Å². The number of unbranched alkanes of at least 4 members (excludes halogenated alkanes) is 1.